The number of rotatable bonds is 4. The number of carbonyl (C=O) groups excluding carboxylic acids is 1. The second-order valence-electron chi connectivity index (χ2n) is 5.04. The quantitative estimate of drug-likeness (QED) is 0.814. The number of benzene rings is 1. The highest BCUT2D eigenvalue weighted by Gasteiger charge is 2.24. The van der Waals surface area contributed by atoms with Crippen LogP contribution in [0.25, 0.3) is 6.08 Å². The molecule has 1 fully saturated rings. The van der Waals surface area contributed by atoms with E-state index in [0.29, 0.717) is 0 Å². The van der Waals surface area contributed by atoms with Crippen molar-refractivity contribution in [1.29, 1.82) is 0 Å². The lowest BCUT2D eigenvalue weighted by molar-refractivity contribution is -0.131. The summed E-state index contributed by atoms with van der Waals surface area (Å²) in [6.07, 6.45) is 4.17. The van der Waals surface area contributed by atoms with Crippen LogP contribution in [-0.4, -0.2) is 30.1 Å². The fourth-order valence-corrected chi connectivity index (χ4v) is 2.89. The molecule has 2 rings (SSSR count). The molecule has 0 aromatic heterocycles. The molecule has 6 heteroatoms. The van der Waals surface area contributed by atoms with Crippen LogP contribution in [0, 0.1) is 5.92 Å². The normalized spacial score (nSPS) is 16.3. The van der Waals surface area contributed by atoms with E-state index in [2.05, 4.69) is 20.8 Å². The minimum Gasteiger partial charge on any atom is -0.478 e. The number of nitrogens with two attached hydrogens (primary N) is 1. The molecule has 0 radical (unpaired) electrons. The second-order valence-corrected chi connectivity index (χ2v) is 5.95. The molecule has 0 unspecified atom stereocenters. The first-order valence-electron chi connectivity index (χ1n) is 6.72. The zero-order valence-corrected chi connectivity index (χ0v) is 13.0. The van der Waals surface area contributed by atoms with Crippen LogP contribution in [0.3, 0.4) is 0 Å². The Hall–Kier alpha value is -1.82. The fourth-order valence-electron chi connectivity index (χ4n) is 2.51. The molecule has 1 aliphatic rings. The van der Waals surface area contributed by atoms with E-state index in [-0.39, 0.29) is 11.8 Å². The van der Waals surface area contributed by atoms with Crippen molar-refractivity contribution in [2.24, 2.45) is 11.7 Å². The minimum absolute atomic E-state index is 0.0605. The third kappa shape index (κ3) is 4.07. The van der Waals surface area contributed by atoms with Crippen LogP contribution < -0.4 is 10.6 Å². The van der Waals surface area contributed by atoms with Crippen LogP contribution in [0.2, 0.25) is 0 Å². The molecular formula is C15H17BrN2O3. The van der Waals surface area contributed by atoms with Gasteiger partial charge in [-0.25, -0.2) is 4.79 Å². The van der Waals surface area contributed by atoms with Crippen molar-refractivity contribution >= 4 is 39.6 Å². The number of hydrogen-bond acceptors (Lipinski definition) is 3. The highest BCUT2D eigenvalue weighted by atomic mass is 79.9. The van der Waals surface area contributed by atoms with E-state index in [4.69, 9.17) is 10.8 Å². The van der Waals surface area contributed by atoms with Crippen molar-refractivity contribution in [2.45, 2.75) is 12.8 Å². The number of nitrogens with zero attached hydrogens (tertiary/aromatic N) is 1. The molecule has 1 aliphatic heterocycles. The zero-order chi connectivity index (χ0) is 15.4. The lowest BCUT2D eigenvalue weighted by Gasteiger charge is -2.33. The molecule has 0 aliphatic carbocycles. The molecule has 112 valence electrons. The highest BCUT2D eigenvalue weighted by Crippen LogP contribution is 2.29. The van der Waals surface area contributed by atoms with Gasteiger partial charge in [-0.3, -0.25) is 4.79 Å². The Kier molecular flexibility index (Phi) is 5.01. The van der Waals surface area contributed by atoms with Crippen LogP contribution in [0.4, 0.5) is 5.69 Å². The van der Waals surface area contributed by atoms with Crippen LogP contribution in [0.1, 0.15) is 18.4 Å². The van der Waals surface area contributed by atoms with Crippen LogP contribution in [0.5, 0.6) is 0 Å². The predicted molar refractivity (Wildman–Crippen MR) is 84.9 cm³/mol. The van der Waals surface area contributed by atoms with E-state index in [1.165, 1.54) is 0 Å². The number of hydrogen-bond donors (Lipinski definition) is 2. The summed E-state index contributed by atoms with van der Waals surface area (Å²) in [4.78, 5) is 24.1. The van der Waals surface area contributed by atoms with Crippen LogP contribution in [-0.2, 0) is 9.59 Å². The Balaban J connectivity index is 2.20. The van der Waals surface area contributed by atoms with Gasteiger partial charge < -0.3 is 15.7 Å². The van der Waals surface area contributed by atoms with Gasteiger partial charge in [-0.2, -0.15) is 0 Å². The monoisotopic (exact) mass is 352 g/mol. The fraction of sp³-hybridized carbons (Fsp3) is 0.333. The van der Waals surface area contributed by atoms with Gasteiger partial charge in [-0.05, 0) is 42.7 Å². The molecular weight excluding hydrogens is 336 g/mol. The first-order valence-corrected chi connectivity index (χ1v) is 7.51. The molecule has 0 spiro atoms. The Morgan fingerprint density at radius 1 is 1.33 bits per heavy atom. The van der Waals surface area contributed by atoms with Crippen molar-refractivity contribution < 1.29 is 14.7 Å². The van der Waals surface area contributed by atoms with E-state index in [1.807, 2.05) is 18.2 Å². The van der Waals surface area contributed by atoms with Crippen molar-refractivity contribution in [2.75, 3.05) is 18.0 Å². The number of aliphatic carboxylic acids is 1. The number of carboxylic acids is 1. The second kappa shape index (κ2) is 6.76. The van der Waals surface area contributed by atoms with Gasteiger partial charge in [0.2, 0.25) is 5.91 Å². The third-order valence-corrected chi connectivity index (χ3v) is 4.13. The standard InChI is InChI=1S/C15H17BrN2O3/c16-12-2-3-13(11(9-12)1-4-14(19)20)18-7-5-10(6-8-18)15(17)21/h1-4,9-10H,5-8H2,(H2,17,21)(H,19,20)/b4-1+. The maximum atomic E-state index is 11.2. The molecule has 1 amide bonds. The molecule has 0 bridgehead atoms. The van der Waals surface area contributed by atoms with Gasteiger partial charge in [0.15, 0.2) is 0 Å². The summed E-state index contributed by atoms with van der Waals surface area (Å²) in [6, 6.07) is 5.76. The van der Waals surface area contributed by atoms with E-state index in [0.717, 1.165) is 47.7 Å². The molecule has 0 atom stereocenters. The van der Waals surface area contributed by atoms with Crippen LogP contribution in [0.15, 0.2) is 28.7 Å². The van der Waals surface area contributed by atoms with Gasteiger partial charge in [0.1, 0.15) is 0 Å². The minimum atomic E-state index is -0.978. The first kappa shape index (κ1) is 15.6. The van der Waals surface area contributed by atoms with E-state index in [1.54, 1.807) is 6.08 Å². The van der Waals surface area contributed by atoms with Gasteiger partial charge in [-0.1, -0.05) is 15.9 Å². The van der Waals surface area contributed by atoms with Crippen molar-refractivity contribution in [3.8, 4) is 0 Å². The molecule has 1 aromatic rings. The average molecular weight is 353 g/mol. The summed E-state index contributed by atoms with van der Waals surface area (Å²) in [5.41, 5.74) is 7.15. The van der Waals surface area contributed by atoms with Gasteiger partial charge >= 0.3 is 5.97 Å². The van der Waals surface area contributed by atoms with Crippen LogP contribution >= 0.6 is 15.9 Å². The number of piperidine rings is 1. The number of amides is 1. The largest absolute Gasteiger partial charge is 0.478 e. The predicted octanol–water partition coefficient (Wildman–Crippen LogP) is 2.25. The van der Waals surface area contributed by atoms with Crippen molar-refractivity contribution in [3.05, 3.63) is 34.3 Å². The summed E-state index contributed by atoms with van der Waals surface area (Å²) < 4.78 is 0.892. The Morgan fingerprint density at radius 2 is 2.00 bits per heavy atom. The van der Waals surface area contributed by atoms with Crippen molar-refractivity contribution in [1.82, 2.24) is 0 Å². The van der Waals surface area contributed by atoms with E-state index >= 15 is 0 Å². The number of carbonyl (C=O) groups is 2. The van der Waals surface area contributed by atoms with E-state index in [9.17, 15) is 9.59 Å². The summed E-state index contributed by atoms with van der Waals surface area (Å²) in [5.74, 6) is -1.28. The summed E-state index contributed by atoms with van der Waals surface area (Å²) >= 11 is 3.39. The smallest absolute Gasteiger partial charge is 0.328 e. The molecule has 0 saturated carbocycles. The SMILES string of the molecule is NC(=O)C1CCN(c2ccc(Br)cc2/C=C/C(=O)O)CC1. The topological polar surface area (TPSA) is 83.6 Å². The molecule has 1 saturated heterocycles. The van der Waals surface area contributed by atoms with Gasteiger partial charge in [0.25, 0.3) is 0 Å². The number of anilines is 1. The molecule has 1 heterocycles. The maximum absolute atomic E-state index is 11.2. The Morgan fingerprint density at radius 3 is 2.57 bits per heavy atom. The summed E-state index contributed by atoms with van der Waals surface area (Å²) in [6.45, 7) is 1.48. The maximum Gasteiger partial charge on any atom is 0.328 e. The first-order chi connectivity index (χ1) is 9.97. The lowest BCUT2D eigenvalue weighted by atomic mass is 9.95. The van der Waals surface area contributed by atoms with Crippen molar-refractivity contribution in [3.63, 3.8) is 0 Å². The molecule has 3 N–H and O–H groups in total. The Labute approximate surface area is 131 Å². The molecule has 1 aromatic carbocycles. The average Bonchev–Trinajstić information content (AvgIpc) is 2.45. The van der Waals surface area contributed by atoms with Gasteiger partial charge in [0.05, 0.1) is 0 Å². The number of halogens is 1. The molecule has 5 nitrogen and oxygen atoms in total. The lowest BCUT2D eigenvalue weighted by Crippen LogP contribution is -2.38. The summed E-state index contributed by atoms with van der Waals surface area (Å²) in [7, 11) is 0. The van der Waals surface area contributed by atoms with E-state index < -0.39 is 5.97 Å². The summed E-state index contributed by atoms with van der Waals surface area (Å²) in [5, 5.41) is 8.78. The highest BCUT2D eigenvalue weighted by molar-refractivity contribution is 9.10. The third-order valence-electron chi connectivity index (χ3n) is 3.63. The molecule has 21 heavy (non-hydrogen) atoms. The number of carboxylic acid groups (broad SMARTS) is 1. The van der Waals surface area contributed by atoms with Gasteiger partial charge in [-0.15, -0.1) is 0 Å². The number of primary amides is 1. The zero-order valence-electron chi connectivity index (χ0n) is 11.5. The Bertz CT molecular complexity index is 578. The van der Waals surface area contributed by atoms with Gasteiger partial charge in [0, 0.05) is 35.2 Å².